The molecule has 0 aromatic carbocycles. The lowest BCUT2D eigenvalue weighted by Gasteiger charge is -2.25. The zero-order valence-electron chi connectivity index (χ0n) is 25.2. The van der Waals surface area contributed by atoms with Crippen LogP contribution in [0.2, 0.25) is 0 Å². The van der Waals surface area contributed by atoms with Crippen molar-refractivity contribution >= 4 is 26.2 Å². The SMILES string of the molecule is CCCCCCCCCCCCSC(CCCCCCC)C(C)OCCCOC(O)(P=O)C(=O)OC(C)C. The lowest BCUT2D eigenvalue weighted by Crippen LogP contribution is -2.39. The van der Waals surface area contributed by atoms with Gasteiger partial charge in [0.1, 0.15) is 0 Å². The highest BCUT2D eigenvalue weighted by atomic mass is 32.2. The van der Waals surface area contributed by atoms with E-state index in [1.54, 1.807) is 13.8 Å². The Labute approximate surface area is 240 Å². The van der Waals surface area contributed by atoms with Gasteiger partial charge in [-0.3, -0.25) is 4.57 Å². The maximum atomic E-state index is 11.9. The molecule has 0 amide bonds. The van der Waals surface area contributed by atoms with E-state index >= 15 is 0 Å². The number of aliphatic hydroxyl groups is 1. The molecule has 38 heavy (non-hydrogen) atoms. The van der Waals surface area contributed by atoms with Crippen molar-refractivity contribution in [3.8, 4) is 0 Å². The lowest BCUT2D eigenvalue weighted by atomic mass is 10.1. The number of hydrogen-bond acceptors (Lipinski definition) is 7. The van der Waals surface area contributed by atoms with Gasteiger partial charge in [-0.2, -0.15) is 11.8 Å². The topological polar surface area (TPSA) is 82.1 Å². The summed E-state index contributed by atoms with van der Waals surface area (Å²) in [5.41, 5.74) is -2.46. The maximum absolute atomic E-state index is 11.9. The molecular formula is C30H59O6PS. The van der Waals surface area contributed by atoms with Crippen LogP contribution in [0.15, 0.2) is 0 Å². The molecule has 0 aliphatic heterocycles. The Kier molecular flexibility index (Phi) is 25.6. The zero-order chi connectivity index (χ0) is 28.5. The average Bonchev–Trinajstić information content (AvgIpc) is 2.89. The molecule has 0 bridgehead atoms. The molecule has 8 heteroatoms. The van der Waals surface area contributed by atoms with Crippen molar-refractivity contribution in [3.05, 3.63) is 0 Å². The van der Waals surface area contributed by atoms with E-state index in [-0.39, 0.29) is 12.7 Å². The van der Waals surface area contributed by atoms with Crippen LogP contribution < -0.4 is 0 Å². The van der Waals surface area contributed by atoms with Crippen LogP contribution in [-0.4, -0.2) is 53.0 Å². The summed E-state index contributed by atoms with van der Waals surface area (Å²) in [5, 5.41) is 10.6. The Morgan fingerprint density at radius 2 is 1.32 bits per heavy atom. The Balaban J connectivity index is 4.31. The van der Waals surface area contributed by atoms with Gasteiger partial charge in [0.05, 0.1) is 18.8 Å². The van der Waals surface area contributed by atoms with Crippen LogP contribution in [0, 0.1) is 0 Å². The number of unbranched alkanes of at least 4 members (excludes halogenated alkanes) is 13. The highest BCUT2D eigenvalue weighted by Crippen LogP contribution is 2.26. The van der Waals surface area contributed by atoms with Gasteiger partial charge in [-0.25, -0.2) is 4.79 Å². The molecule has 0 fully saturated rings. The first-order chi connectivity index (χ1) is 18.3. The van der Waals surface area contributed by atoms with Crippen molar-refractivity contribution in [3.63, 3.8) is 0 Å². The summed E-state index contributed by atoms with van der Waals surface area (Å²) in [4.78, 5) is 11.9. The highest BCUT2D eigenvalue weighted by Gasteiger charge is 2.41. The van der Waals surface area contributed by atoms with E-state index in [1.165, 1.54) is 108 Å². The number of ether oxygens (including phenoxy) is 3. The molecule has 0 aliphatic rings. The van der Waals surface area contributed by atoms with Crippen molar-refractivity contribution in [1.82, 2.24) is 0 Å². The van der Waals surface area contributed by atoms with E-state index in [0.29, 0.717) is 18.3 Å². The monoisotopic (exact) mass is 578 g/mol. The van der Waals surface area contributed by atoms with Gasteiger partial charge in [-0.05, 0) is 45.8 Å². The molecule has 1 N–H and O–H groups in total. The Morgan fingerprint density at radius 1 is 0.789 bits per heavy atom. The molecule has 226 valence electrons. The summed E-state index contributed by atoms with van der Waals surface area (Å²) in [5.74, 6) is 0.144. The summed E-state index contributed by atoms with van der Waals surface area (Å²) in [6.07, 6.45) is 21.3. The minimum atomic E-state index is -2.46. The van der Waals surface area contributed by atoms with Crippen molar-refractivity contribution in [1.29, 1.82) is 0 Å². The van der Waals surface area contributed by atoms with Crippen molar-refractivity contribution < 1.29 is 28.7 Å². The Hall–Kier alpha value is -0.200. The molecule has 6 nitrogen and oxygen atoms in total. The van der Waals surface area contributed by atoms with E-state index in [0.717, 1.165) is 0 Å². The molecule has 0 aliphatic carbocycles. The summed E-state index contributed by atoms with van der Waals surface area (Å²) in [6, 6.07) is 0. The number of hydrogen-bond donors (Lipinski definition) is 1. The van der Waals surface area contributed by atoms with Gasteiger partial charge in [0.25, 0.3) is 0 Å². The second-order valence-electron chi connectivity index (χ2n) is 10.7. The predicted octanol–water partition coefficient (Wildman–Crippen LogP) is 9.07. The number of esters is 1. The summed E-state index contributed by atoms with van der Waals surface area (Å²) in [6.45, 7) is 10.5. The van der Waals surface area contributed by atoms with Crippen LogP contribution in [0.5, 0.6) is 0 Å². The van der Waals surface area contributed by atoms with Gasteiger partial charge in [-0.15, -0.1) is 0 Å². The summed E-state index contributed by atoms with van der Waals surface area (Å²) < 4.78 is 27.6. The molecule has 0 saturated heterocycles. The molecule has 0 heterocycles. The molecule has 0 rings (SSSR count). The minimum Gasteiger partial charge on any atom is -0.458 e. The van der Waals surface area contributed by atoms with Gasteiger partial charge in [-0.1, -0.05) is 104 Å². The average molecular weight is 579 g/mol. The van der Waals surface area contributed by atoms with Gasteiger partial charge in [0, 0.05) is 11.9 Å². The lowest BCUT2D eigenvalue weighted by molar-refractivity contribution is -0.199. The molecule has 3 unspecified atom stereocenters. The largest absolute Gasteiger partial charge is 0.458 e. The maximum Gasteiger partial charge on any atom is 0.380 e. The minimum absolute atomic E-state index is 0.0546. The van der Waals surface area contributed by atoms with E-state index in [9.17, 15) is 14.5 Å². The van der Waals surface area contributed by atoms with Crippen molar-refractivity contribution in [2.75, 3.05) is 19.0 Å². The summed E-state index contributed by atoms with van der Waals surface area (Å²) >= 11 is 2.05. The van der Waals surface area contributed by atoms with Crippen LogP contribution in [0.1, 0.15) is 144 Å². The Bertz CT molecular complexity index is 565. The highest BCUT2D eigenvalue weighted by molar-refractivity contribution is 7.99. The fourth-order valence-corrected chi connectivity index (χ4v) is 5.92. The predicted molar refractivity (Wildman–Crippen MR) is 161 cm³/mol. The first-order valence-electron chi connectivity index (χ1n) is 15.5. The number of carbonyl (C=O) groups excluding carboxylic acids is 1. The number of thioether (sulfide) groups is 1. The first kappa shape index (κ1) is 37.8. The third-order valence-corrected chi connectivity index (χ3v) is 8.78. The van der Waals surface area contributed by atoms with Gasteiger partial charge < -0.3 is 19.3 Å². The van der Waals surface area contributed by atoms with Gasteiger partial charge in [0.2, 0.25) is 8.46 Å². The fourth-order valence-electron chi connectivity index (χ4n) is 4.29. The van der Waals surface area contributed by atoms with E-state index in [1.807, 2.05) is 0 Å². The van der Waals surface area contributed by atoms with Crippen LogP contribution in [0.3, 0.4) is 0 Å². The number of rotatable bonds is 28. The van der Waals surface area contributed by atoms with Crippen LogP contribution in [0.4, 0.5) is 0 Å². The first-order valence-corrected chi connectivity index (χ1v) is 17.3. The standard InChI is InChI=1S/C30H59O6PS/c1-6-8-10-12-13-14-15-16-18-20-25-38-28(22-19-17-11-9-7-2)27(5)34-23-21-24-35-30(32,37-33)29(31)36-26(3)4/h26-28,32H,6-25H2,1-5H3. The van der Waals surface area contributed by atoms with Gasteiger partial charge in [0.15, 0.2) is 0 Å². The smallest absolute Gasteiger partial charge is 0.380 e. The third-order valence-electron chi connectivity index (χ3n) is 6.65. The molecule has 3 atom stereocenters. The molecule has 0 aromatic rings. The second kappa shape index (κ2) is 25.7. The quantitative estimate of drug-likeness (QED) is 0.0429. The van der Waals surface area contributed by atoms with Crippen molar-refractivity contribution in [2.24, 2.45) is 0 Å². The molecule has 0 saturated carbocycles. The molecule has 0 radical (unpaired) electrons. The van der Waals surface area contributed by atoms with Crippen LogP contribution in [0.25, 0.3) is 0 Å². The zero-order valence-corrected chi connectivity index (χ0v) is 26.9. The normalized spacial score (nSPS) is 15.0. The molecule has 0 aromatic heterocycles. The Morgan fingerprint density at radius 3 is 1.84 bits per heavy atom. The van der Waals surface area contributed by atoms with Crippen LogP contribution in [-0.2, 0) is 23.6 Å². The fraction of sp³-hybridized carbons (Fsp3) is 0.967. The molecule has 0 spiro atoms. The van der Waals surface area contributed by atoms with E-state index < -0.39 is 26.1 Å². The van der Waals surface area contributed by atoms with Gasteiger partial charge >= 0.3 is 11.5 Å². The van der Waals surface area contributed by atoms with Crippen LogP contribution >= 0.6 is 20.2 Å². The third kappa shape index (κ3) is 20.7. The second-order valence-corrected chi connectivity index (χ2v) is 12.9. The number of carbonyl (C=O) groups is 1. The van der Waals surface area contributed by atoms with Crippen molar-refractivity contribution in [2.45, 2.75) is 167 Å². The summed E-state index contributed by atoms with van der Waals surface area (Å²) in [7, 11) is -0.831. The van der Waals surface area contributed by atoms with E-state index in [4.69, 9.17) is 14.2 Å². The molecular weight excluding hydrogens is 519 g/mol. The van der Waals surface area contributed by atoms with E-state index in [2.05, 4.69) is 32.5 Å².